The Kier molecular flexibility index (Phi) is 10.6. The van der Waals surface area contributed by atoms with Crippen LogP contribution in [0.15, 0.2) is 55.1 Å². The lowest BCUT2D eigenvalue weighted by Gasteiger charge is -2.35. The van der Waals surface area contributed by atoms with Crippen molar-refractivity contribution in [3.8, 4) is 5.75 Å². The predicted molar refractivity (Wildman–Crippen MR) is 161 cm³/mol. The molecular weight excluding hydrogens is 518 g/mol. The number of amides is 3. The summed E-state index contributed by atoms with van der Waals surface area (Å²) < 4.78 is 5.50. The number of ether oxygens (including phenoxy) is 1. The molecule has 1 aliphatic rings. The highest BCUT2D eigenvalue weighted by atomic mass is 16.6. The molecule has 1 fully saturated rings. The number of hydrogen-bond donors (Lipinski definition) is 3. The maximum atomic E-state index is 14.5. The first-order valence-electron chi connectivity index (χ1n) is 14.4. The van der Waals surface area contributed by atoms with Crippen molar-refractivity contribution < 1.29 is 24.2 Å². The number of phenols is 1. The zero-order valence-corrected chi connectivity index (χ0v) is 25.1. The van der Waals surface area contributed by atoms with E-state index in [4.69, 9.17) is 4.74 Å². The molecule has 0 spiro atoms. The molecule has 0 aromatic heterocycles. The van der Waals surface area contributed by atoms with E-state index in [9.17, 15) is 19.5 Å². The van der Waals surface area contributed by atoms with Crippen molar-refractivity contribution in [2.45, 2.75) is 97.0 Å². The molecule has 0 aliphatic heterocycles. The second-order valence-electron chi connectivity index (χ2n) is 12.1. The molecule has 222 valence electrons. The highest BCUT2D eigenvalue weighted by Gasteiger charge is 2.48. The molecule has 0 heterocycles. The van der Waals surface area contributed by atoms with Crippen LogP contribution < -0.4 is 10.6 Å². The van der Waals surface area contributed by atoms with Crippen LogP contribution in [0.1, 0.15) is 83.5 Å². The largest absolute Gasteiger partial charge is 0.508 e. The molecule has 2 aromatic carbocycles. The molecule has 41 heavy (non-hydrogen) atoms. The first-order chi connectivity index (χ1) is 19.3. The molecule has 3 N–H and O–H groups in total. The fourth-order valence-corrected chi connectivity index (χ4v) is 4.99. The number of carbonyl (C=O) groups is 3. The number of aromatic hydroxyl groups is 1. The standard InChI is InChI=1S/C33H45N3O5/c1-8-11-22(4)34-30(38)29(25-13-10-12-23(9-2)19-25)36(28-18-21(28)3)31(39)27(35-32(40)41-33(5,6)7)20-24-14-16-26(37)17-15-24/h9-10,12-17,19,21-22,27-29,37H,2,8,11,18,20H2,1,3-7H3,(H,34,38)(H,35,40). The maximum Gasteiger partial charge on any atom is 0.408 e. The van der Waals surface area contributed by atoms with Gasteiger partial charge in [0.15, 0.2) is 0 Å². The topological polar surface area (TPSA) is 108 Å². The molecule has 2 aromatic rings. The fraction of sp³-hybridized carbons (Fsp3) is 0.485. The van der Waals surface area contributed by atoms with Crippen LogP contribution in [0.5, 0.6) is 5.75 Å². The van der Waals surface area contributed by atoms with Crippen LogP contribution in [0.2, 0.25) is 0 Å². The van der Waals surface area contributed by atoms with Gasteiger partial charge in [0.05, 0.1) is 0 Å². The Bertz CT molecular complexity index is 1220. The summed E-state index contributed by atoms with van der Waals surface area (Å²) in [7, 11) is 0. The molecule has 0 radical (unpaired) electrons. The Labute approximate surface area is 244 Å². The SMILES string of the molecule is C=Cc1cccc(C(C(=O)NC(C)CCC)N(C(=O)C(Cc2ccc(O)cc2)NC(=O)OC(C)(C)C)C2CC2C)c1. The Hall–Kier alpha value is -3.81. The molecule has 8 heteroatoms. The van der Waals surface area contributed by atoms with E-state index in [0.29, 0.717) is 5.56 Å². The summed E-state index contributed by atoms with van der Waals surface area (Å²) in [6.45, 7) is 15.2. The van der Waals surface area contributed by atoms with E-state index >= 15 is 0 Å². The Morgan fingerprint density at radius 2 is 1.80 bits per heavy atom. The number of nitrogens with zero attached hydrogens (tertiary/aromatic N) is 1. The van der Waals surface area contributed by atoms with Crippen molar-refractivity contribution in [1.82, 2.24) is 15.5 Å². The summed E-state index contributed by atoms with van der Waals surface area (Å²) in [6, 6.07) is 11.8. The molecule has 5 atom stereocenters. The second kappa shape index (κ2) is 13.7. The van der Waals surface area contributed by atoms with Crippen LogP contribution in [0, 0.1) is 5.92 Å². The van der Waals surface area contributed by atoms with Gasteiger partial charge in [-0.15, -0.1) is 0 Å². The molecule has 1 aliphatic carbocycles. The van der Waals surface area contributed by atoms with E-state index < -0.39 is 23.8 Å². The van der Waals surface area contributed by atoms with Gasteiger partial charge in [0, 0.05) is 18.5 Å². The second-order valence-corrected chi connectivity index (χ2v) is 12.1. The van der Waals surface area contributed by atoms with Gasteiger partial charge in [-0.25, -0.2) is 4.79 Å². The summed E-state index contributed by atoms with van der Waals surface area (Å²) >= 11 is 0. The van der Waals surface area contributed by atoms with Crippen LogP contribution in [0.4, 0.5) is 4.79 Å². The van der Waals surface area contributed by atoms with Gasteiger partial charge in [-0.2, -0.15) is 0 Å². The third kappa shape index (κ3) is 9.10. The first-order valence-corrected chi connectivity index (χ1v) is 14.4. The number of hydrogen-bond acceptors (Lipinski definition) is 5. The van der Waals surface area contributed by atoms with Gasteiger partial charge in [-0.1, -0.05) is 63.3 Å². The van der Waals surface area contributed by atoms with Crippen LogP contribution in [0.3, 0.4) is 0 Å². The van der Waals surface area contributed by atoms with Crippen molar-refractivity contribution in [3.05, 3.63) is 71.8 Å². The number of carbonyl (C=O) groups excluding carboxylic acids is 3. The van der Waals surface area contributed by atoms with E-state index in [1.807, 2.05) is 31.2 Å². The average molecular weight is 564 g/mol. The van der Waals surface area contributed by atoms with E-state index in [1.54, 1.807) is 43.9 Å². The van der Waals surface area contributed by atoms with Crippen molar-refractivity contribution in [3.63, 3.8) is 0 Å². The molecule has 0 bridgehead atoms. The van der Waals surface area contributed by atoms with Crippen molar-refractivity contribution in [1.29, 1.82) is 0 Å². The third-order valence-corrected chi connectivity index (χ3v) is 7.14. The molecule has 0 saturated heterocycles. The van der Waals surface area contributed by atoms with Crippen molar-refractivity contribution in [2.24, 2.45) is 5.92 Å². The van der Waals surface area contributed by atoms with Crippen LogP contribution in [-0.4, -0.2) is 51.6 Å². The highest BCUT2D eigenvalue weighted by molar-refractivity contribution is 5.93. The lowest BCUT2D eigenvalue weighted by atomic mass is 9.98. The summed E-state index contributed by atoms with van der Waals surface area (Å²) in [4.78, 5) is 43.1. The summed E-state index contributed by atoms with van der Waals surface area (Å²) in [5, 5.41) is 15.7. The Morgan fingerprint density at radius 1 is 1.15 bits per heavy atom. The zero-order chi connectivity index (χ0) is 30.3. The summed E-state index contributed by atoms with van der Waals surface area (Å²) in [6.07, 6.45) is 3.62. The van der Waals surface area contributed by atoms with E-state index in [0.717, 1.165) is 30.4 Å². The van der Waals surface area contributed by atoms with Gasteiger partial charge in [0.1, 0.15) is 23.4 Å². The monoisotopic (exact) mass is 563 g/mol. The number of benzene rings is 2. The first kappa shape index (κ1) is 31.7. The quantitative estimate of drug-likeness (QED) is 0.305. The number of nitrogens with one attached hydrogen (secondary N) is 2. The Morgan fingerprint density at radius 3 is 2.37 bits per heavy atom. The Balaban J connectivity index is 2.06. The minimum absolute atomic E-state index is 0.0705. The van der Waals surface area contributed by atoms with E-state index in [1.165, 1.54) is 12.1 Å². The minimum atomic E-state index is -1.01. The lowest BCUT2D eigenvalue weighted by Crippen LogP contribution is -2.55. The zero-order valence-electron chi connectivity index (χ0n) is 25.1. The van der Waals surface area contributed by atoms with Gasteiger partial charge in [0.25, 0.3) is 0 Å². The summed E-state index contributed by atoms with van der Waals surface area (Å²) in [5.41, 5.74) is 1.50. The fourth-order valence-electron chi connectivity index (χ4n) is 4.99. The van der Waals surface area contributed by atoms with Gasteiger partial charge in [-0.05, 0) is 81.3 Å². The van der Waals surface area contributed by atoms with Gasteiger partial charge >= 0.3 is 6.09 Å². The molecule has 3 amide bonds. The summed E-state index contributed by atoms with van der Waals surface area (Å²) in [5.74, 6) is -0.336. The highest BCUT2D eigenvalue weighted by Crippen LogP contribution is 2.41. The molecule has 1 saturated carbocycles. The van der Waals surface area contributed by atoms with Crippen LogP contribution in [-0.2, 0) is 20.7 Å². The average Bonchev–Trinajstić information content (AvgIpc) is 3.62. The van der Waals surface area contributed by atoms with Crippen LogP contribution >= 0.6 is 0 Å². The van der Waals surface area contributed by atoms with Crippen molar-refractivity contribution in [2.75, 3.05) is 0 Å². The number of alkyl carbamates (subject to hydrolysis) is 1. The number of phenolic OH excluding ortho intramolecular Hbond substituents is 1. The molecule has 8 nitrogen and oxygen atoms in total. The van der Waals surface area contributed by atoms with E-state index in [2.05, 4.69) is 31.1 Å². The predicted octanol–water partition coefficient (Wildman–Crippen LogP) is 5.75. The van der Waals surface area contributed by atoms with E-state index in [-0.39, 0.29) is 42.0 Å². The smallest absolute Gasteiger partial charge is 0.408 e. The molecular formula is C33H45N3O5. The van der Waals surface area contributed by atoms with Crippen LogP contribution in [0.25, 0.3) is 6.08 Å². The van der Waals surface area contributed by atoms with Gasteiger partial charge in [0.2, 0.25) is 11.8 Å². The molecule has 5 unspecified atom stereocenters. The third-order valence-electron chi connectivity index (χ3n) is 7.14. The normalized spacial score (nSPS) is 18.4. The molecule has 3 rings (SSSR count). The van der Waals surface area contributed by atoms with Gasteiger partial charge in [-0.3, -0.25) is 9.59 Å². The van der Waals surface area contributed by atoms with Gasteiger partial charge < -0.3 is 25.4 Å². The number of rotatable bonds is 12. The van der Waals surface area contributed by atoms with Crippen molar-refractivity contribution >= 4 is 24.0 Å². The minimum Gasteiger partial charge on any atom is -0.508 e. The lowest BCUT2D eigenvalue weighted by molar-refractivity contribution is -0.143. The maximum absolute atomic E-state index is 14.5.